The van der Waals surface area contributed by atoms with Crippen LogP contribution in [0.4, 0.5) is 0 Å². The van der Waals surface area contributed by atoms with Gasteiger partial charge < -0.3 is 10.2 Å². The first-order chi connectivity index (χ1) is 14.2. The standard InChI is InChI=1S/C21H27N3O4S2/c1-15(2)23(3)21(26)17-10-8-16(9-11-17)14-22-20(25)18-6-4-12-24(18)30(27,28)19-7-5-13-29-19/h5,7-11,13,15,18H,4,6,12,14H2,1-3H3,(H,22,25). The molecule has 1 N–H and O–H groups in total. The maximum absolute atomic E-state index is 12.8. The highest BCUT2D eigenvalue weighted by atomic mass is 32.2. The molecule has 1 fully saturated rings. The van der Waals surface area contributed by atoms with E-state index in [0.717, 1.165) is 16.9 Å². The average Bonchev–Trinajstić information content (AvgIpc) is 3.44. The lowest BCUT2D eigenvalue weighted by atomic mass is 10.1. The van der Waals surface area contributed by atoms with Crippen molar-refractivity contribution in [2.45, 2.75) is 49.5 Å². The van der Waals surface area contributed by atoms with E-state index >= 15 is 0 Å². The van der Waals surface area contributed by atoms with Crippen molar-refractivity contribution in [2.75, 3.05) is 13.6 Å². The van der Waals surface area contributed by atoms with Crippen molar-refractivity contribution < 1.29 is 18.0 Å². The van der Waals surface area contributed by atoms with Gasteiger partial charge in [0.1, 0.15) is 10.3 Å². The molecule has 0 saturated carbocycles. The molecule has 7 nitrogen and oxygen atoms in total. The molecule has 2 heterocycles. The molecule has 2 amide bonds. The third-order valence-electron chi connectivity index (χ3n) is 5.33. The summed E-state index contributed by atoms with van der Waals surface area (Å²) in [4.78, 5) is 26.7. The number of nitrogens with one attached hydrogen (secondary N) is 1. The van der Waals surface area contributed by atoms with Crippen LogP contribution in [-0.2, 0) is 21.4 Å². The second-order valence-corrected chi connectivity index (χ2v) is 10.7. The number of benzene rings is 1. The molecule has 1 aliphatic rings. The molecule has 1 atom stereocenters. The second kappa shape index (κ2) is 9.28. The number of hydrogen-bond donors (Lipinski definition) is 1. The fourth-order valence-corrected chi connectivity index (χ4v) is 6.10. The van der Waals surface area contributed by atoms with Crippen LogP contribution in [-0.4, -0.2) is 55.1 Å². The second-order valence-electron chi connectivity index (χ2n) is 7.63. The van der Waals surface area contributed by atoms with Gasteiger partial charge in [0.15, 0.2) is 0 Å². The van der Waals surface area contributed by atoms with Gasteiger partial charge in [-0.15, -0.1) is 11.3 Å². The Morgan fingerprint density at radius 2 is 1.93 bits per heavy atom. The number of carbonyl (C=O) groups is 2. The predicted octanol–water partition coefficient (Wildman–Crippen LogP) is 2.70. The lowest BCUT2D eigenvalue weighted by Gasteiger charge is -2.23. The minimum Gasteiger partial charge on any atom is -0.351 e. The van der Waals surface area contributed by atoms with E-state index < -0.39 is 16.1 Å². The van der Waals surface area contributed by atoms with Crippen molar-refractivity contribution in [3.63, 3.8) is 0 Å². The van der Waals surface area contributed by atoms with Crippen LogP contribution in [0.3, 0.4) is 0 Å². The van der Waals surface area contributed by atoms with E-state index in [1.54, 1.807) is 53.7 Å². The number of thiophene rings is 1. The molecule has 9 heteroatoms. The summed E-state index contributed by atoms with van der Waals surface area (Å²) in [5.41, 5.74) is 1.43. The normalized spacial score (nSPS) is 17.3. The average molecular weight is 450 g/mol. The molecule has 1 aromatic carbocycles. The Hall–Kier alpha value is -2.23. The van der Waals surface area contributed by atoms with Crippen molar-refractivity contribution in [1.82, 2.24) is 14.5 Å². The van der Waals surface area contributed by atoms with Crippen molar-refractivity contribution in [3.05, 3.63) is 52.9 Å². The third kappa shape index (κ3) is 4.74. The number of rotatable bonds is 7. The number of hydrogen-bond acceptors (Lipinski definition) is 5. The van der Waals surface area contributed by atoms with E-state index in [-0.39, 0.29) is 28.6 Å². The number of sulfonamides is 1. The van der Waals surface area contributed by atoms with E-state index in [2.05, 4.69) is 5.32 Å². The molecule has 0 bridgehead atoms. The smallest absolute Gasteiger partial charge is 0.253 e. The molecular formula is C21H27N3O4S2. The Morgan fingerprint density at radius 1 is 1.23 bits per heavy atom. The fraction of sp³-hybridized carbons (Fsp3) is 0.429. The Kier molecular flexibility index (Phi) is 6.95. The molecule has 1 unspecified atom stereocenters. The maximum Gasteiger partial charge on any atom is 0.253 e. The van der Waals surface area contributed by atoms with E-state index in [1.807, 2.05) is 13.8 Å². The van der Waals surface area contributed by atoms with Gasteiger partial charge in [0.05, 0.1) is 0 Å². The largest absolute Gasteiger partial charge is 0.351 e. The van der Waals surface area contributed by atoms with Crippen molar-refractivity contribution in [1.29, 1.82) is 0 Å². The van der Waals surface area contributed by atoms with Gasteiger partial charge in [-0.2, -0.15) is 4.31 Å². The number of carbonyl (C=O) groups excluding carboxylic acids is 2. The first-order valence-corrected chi connectivity index (χ1v) is 12.2. The topological polar surface area (TPSA) is 86.8 Å². The summed E-state index contributed by atoms with van der Waals surface area (Å²) in [5.74, 6) is -0.353. The van der Waals surface area contributed by atoms with Gasteiger partial charge in [-0.05, 0) is 55.8 Å². The molecule has 162 valence electrons. The minimum absolute atomic E-state index is 0.0547. The van der Waals surface area contributed by atoms with Crippen LogP contribution in [0, 0.1) is 0 Å². The molecule has 1 saturated heterocycles. The third-order valence-corrected chi connectivity index (χ3v) is 8.61. The highest BCUT2D eigenvalue weighted by Gasteiger charge is 2.39. The van der Waals surface area contributed by atoms with Gasteiger partial charge in [-0.1, -0.05) is 18.2 Å². The van der Waals surface area contributed by atoms with Gasteiger partial charge in [0.25, 0.3) is 15.9 Å². The molecule has 3 rings (SSSR count). The van der Waals surface area contributed by atoms with Crippen LogP contribution in [0.5, 0.6) is 0 Å². The van der Waals surface area contributed by atoms with Gasteiger partial charge in [0.2, 0.25) is 5.91 Å². The molecule has 0 aliphatic carbocycles. The molecular weight excluding hydrogens is 422 g/mol. The first kappa shape index (κ1) is 22.5. The van der Waals surface area contributed by atoms with Crippen LogP contribution in [0.25, 0.3) is 0 Å². The molecule has 1 aliphatic heterocycles. The van der Waals surface area contributed by atoms with E-state index in [9.17, 15) is 18.0 Å². The molecule has 30 heavy (non-hydrogen) atoms. The van der Waals surface area contributed by atoms with Crippen LogP contribution in [0.2, 0.25) is 0 Å². The van der Waals surface area contributed by atoms with Crippen LogP contribution in [0.15, 0.2) is 46.0 Å². The van der Waals surface area contributed by atoms with E-state index in [1.165, 1.54) is 4.31 Å². The van der Waals surface area contributed by atoms with Gasteiger partial charge in [-0.3, -0.25) is 9.59 Å². The Bertz CT molecular complexity index is 986. The lowest BCUT2D eigenvalue weighted by molar-refractivity contribution is -0.124. The van der Waals surface area contributed by atoms with Crippen molar-refractivity contribution in [3.8, 4) is 0 Å². The summed E-state index contributed by atoms with van der Waals surface area (Å²) in [6, 6.07) is 9.75. The van der Waals surface area contributed by atoms with Crippen molar-refractivity contribution >= 4 is 33.2 Å². The zero-order chi connectivity index (χ0) is 21.9. The van der Waals surface area contributed by atoms with Gasteiger partial charge in [0, 0.05) is 31.7 Å². The summed E-state index contributed by atoms with van der Waals surface area (Å²) in [5, 5.41) is 4.55. The molecule has 1 aromatic heterocycles. The fourth-order valence-electron chi connectivity index (χ4n) is 3.33. The van der Waals surface area contributed by atoms with Crippen LogP contribution in [0.1, 0.15) is 42.6 Å². The Labute approximate surface area is 181 Å². The van der Waals surface area contributed by atoms with Gasteiger partial charge in [-0.25, -0.2) is 8.42 Å². The van der Waals surface area contributed by atoms with Gasteiger partial charge >= 0.3 is 0 Å². The summed E-state index contributed by atoms with van der Waals surface area (Å²) >= 11 is 1.16. The highest BCUT2D eigenvalue weighted by Crippen LogP contribution is 2.28. The highest BCUT2D eigenvalue weighted by molar-refractivity contribution is 7.91. The summed E-state index contributed by atoms with van der Waals surface area (Å²) in [6.07, 6.45) is 1.16. The molecule has 0 radical (unpaired) electrons. The Balaban J connectivity index is 1.62. The minimum atomic E-state index is -3.65. The van der Waals surface area contributed by atoms with Crippen LogP contribution >= 0.6 is 11.3 Å². The number of nitrogens with zero attached hydrogens (tertiary/aromatic N) is 2. The predicted molar refractivity (Wildman–Crippen MR) is 117 cm³/mol. The molecule has 2 aromatic rings. The zero-order valence-electron chi connectivity index (χ0n) is 17.4. The summed E-state index contributed by atoms with van der Waals surface area (Å²) in [7, 11) is -1.89. The molecule has 0 spiro atoms. The first-order valence-electron chi connectivity index (χ1n) is 9.91. The lowest BCUT2D eigenvalue weighted by Crippen LogP contribution is -2.45. The van der Waals surface area contributed by atoms with E-state index in [4.69, 9.17) is 0 Å². The van der Waals surface area contributed by atoms with Crippen LogP contribution < -0.4 is 5.32 Å². The SMILES string of the molecule is CC(C)N(C)C(=O)c1ccc(CNC(=O)C2CCCN2S(=O)(=O)c2cccs2)cc1. The van der Waals surface area contributed by atoms with Crippen molar-refractivity contribution in [2.24, 2.45) is 0 Å². The quantitative estimate of drug-likeness (QED) is 0.704. The monoisotopic (exact) mass is 449 g/mol. The summed E-state index contributed by atoms with van der Waals surface area (Å²) < 4.78 is 27.2. The zero-order valence-corrected chi connectivity index (χ0v) is 19.0. The maximum atomic E-state index is 12.8. The van der Waals surface area contributed by atoms with E-state index in [0.29, 0.717) is 24.9 Å². The number of amides is 2. The summed E-state index contributed by atoms with van der Waals surface area (Å²) in [6.45, 7) is 4.52. The Morgan fingerprint density at radius 3 is 2.53 bits per heavy atom.